The van der Waals surface area contributed by atoms with Gasteiger partial charge in [0.2, 0.25) is 0 Å². The molecular formula is C8H15NO7. The molecule has 0 bridgehead atoms. The van der Waals surface area contributed by atoms with E-state index in [1.165, 1.54) is 0 Å². The minimum Gasteiger partial charge on any atom is -0.394 e. The van der Waals surface area contributed by atoms with Crippen molar-refractivity contribution < 1.29 is 34.8 Å². The molecule has 0 aliphatic rings. The standard InChI is InChI=1S/C8H15NO7/c1-3(11)16-8(15)5(9)7(14)6(13)4(12)2-10/h4-7,10,12-14H,2,9H2,1H3/t4?,5-,6-,7-/m1/s1. The molecule has 94 valence electrons. The summed E-state index contributed by atoms with van der Waals surface area (Å²) in [7, 11) is 0. The Kier molecular flexibility index (Phi) is 6.08. The Hall–Kier alpha value is -1.06. The summed E-state index contributed by atoms with van der Waals surface area (Å²) in [4.78, 5) is 21.4. The van der Waals surface area contributed by atoms with E-state index < -0.39 is 42.9 Å². The second kappa shape index (κ2) is 6.51. The zero-order chi connectivity index (χ0) is 12.9. The fraction of sp³-hybridized carbons (Fsp3) is 0.750. The average Bonchev–Trinajstić information content (AvgIpc) is 2.23. The second-order valence-electron chi connectivity index (χ2n) is 3.17. The highest BCUT2D eigenvalue weighted by molar-refractivity contribution is 5.87. The molecule has 0 aromatic heterocycles. The minimum atomic E-state index is -1.85. The quantitative estimate of drug-likeness (QED) is 0.244. The van der Waals surface area contributed by atoms with Crippen LogP contribution in [-0.4, -0.2) is 63.3 Å². The van der Waals surface area contributed by atoms with Crippen molar-refractivity contribution in [2.75, 3.05) is 6.61 Å². The number of carbonyl (C=O) groups excluding carboxylic acids is 2. The Labute approximate surface area is 91.2 Å². The molecule has 8 nitrogen and oxygen atoms in total. The summed E-state index contributed by atoms with van der Waals surface area (Å²) in [5.41, 5.74) is 5.17. The van der Waals surface area contributed by atoms with Gasteiger partial charge >= 0.3 is 11.9 Å². The molecule has 0 aromatic carbocycles. The van der Waals surface area contributed by atoms with E-state index in [2.05, 4.69) is 4.74 Å². The average molecular weight is 237 g/mol. The van der Waals surface area contributed by atoms with E-state index >= 15 is 0 Å². The van der Waals surface area contributed by atoms with Gasteiger partial charge in [-0.15, -0.1) is 0 Å². The first kappa shape index (κ1) is 14.9. The Morgan fingerprint density at radius 3 is 2.12 bits per heavy atom. The van der Waals surface area contributed by atoms with Gasteiger partial charge in [-0.25, -0.2) is 4.79 Å². The van der Waals surface area contributed by atoms with Crippen molar-refractivity contribution >= 4 is 11.9 Å². The van der Waals surface area contributed by atoms with Crippen LogP contribution in [0.5, 0.6) is 0 Å². The highest BCUT2D eigenvalue weighted by Crippen LogP contribution is 2.05. The van der Waals surface area contributed by atoms with Crippen LogP contribution >= 0.6 is 0 Å². The van der Waals surface area contributed by atoms with Crippen LogP contribution in [0.1, 0.15) is 6.92 Å². The molecule has 0 spiro atoms. The van der Waals surface area contributed by atoms with E-state index in [0.29, 0.717) is 0 Å². The van der Waals surface area contributed by atoms with Crippen molar-refractivity contribution in [3.8, 4) is 0 Å². The van der Waals surface area contributed by atoms with Crippen LogP contribution in [0.2, 0.25) is 0 Å². The first-order valence-electron chi connectivity index (χ1n) is 4.44. The fourth-order valence-corrected chi connectivity index (χ4v) is 0.897. The number of nitrogens with two attached hydrogens (primary N) is 1. The molecule has 0 aliphatic heterocycles. The largest absolute Gasteiger partial charge is 0.394 e. The van der Waals surface area contributed by atoms with Crippen molar-refractivity contribution in [2.45, 2.75) is 31.3 Å². The van der Waals surface area contributed by atoms with Crippen LogP contribution in [-0.2, 0) is 14.3 Å². The van der Waals surface area contributed by atoms with Crippen LogP contribution in [0.15, 0.2) is 0 Å². The molecule has 0 radical (unpaired) electrons. The molecule has 1 unspecified atom stereocenters. The lowest BCUT2D eigenvalue weighted by Crippen LogP contribution is -2.53. The van der Waals surface area contributed by atoms with E-state index in [1.807, 2.05) is 0 Å². The topological polar surface area (TPSA) is 150 Å². The first-order chi connectivity index (χ1) is 7.31. The number of esters is 2. The van der Waals surface area contributed by atoms with E-state index in [-0.39, 0.29) is 0 Å². The van der Waals surface area contributed by atoms with Crippen molar-refractivity contribution in [3.63, 3.8) is 0 Å². The van der Waals surface area contributed by atoms with Crippen LogP contribution in [0, 0.1) is 0 Å². The Morgan fingerprint density at radius 2 is 1.75 bits per heavy atom. The zero-order valence-corrected chi connectivity index (χ0v) is 8.61. The second-order valence-corrected chi connectivity index (χ2v) is 3.17. The normalized spacial score (nSPS) is 18.4. The highest BCUT2D eigenvalue weighted by atomic mass is 16.6. The lowest BCUT2D eigenvalue weighted by Gasteiger charge is -2.24. The molecular weight excluding hydrogens is 222 g/mol. The molecule has 8 heteroatoms. The van der Waals surface area contributed by atoms with Gasteiger partial charge in [0.1, 0.15) is 24.4 Å². The predicted molar refractivity (Wildman–Crippen MR) is 49.9 cm³/mol. The summed E-state index contributed by atoms with van der Waals surface area (Å²) in [5.74, 6) is -2.14. The fourth-order valence-electron chi connectivity index (χ4n) is 0.897. The van der Waals surface area contributed by atoms with E-state index in [4.69, 9.17) is 15.9 Å². The van der Waals surface area contributed by atoms with Crippen LogP contribution in [0.25, 0.3) is 0 Å². The number of rotatable bonds is 5. The SMILES string of the molecule is CC(=O)OC(=O)[C@H](N)[C@@H](O)[C@H](O)C(O)CO. The van der Waals surface area contributed by atoms with Gasteiger partial charge in [-0.05, 0) is 0 Å². The van der Waals surface area contributed by atoms with Crippen LogP contribution in [0.4, 0.5) is 0 Å². The van der Waals surface area contributed by atoms with E-state index in [0.717, 1.165) is 6.92 Å². The van der Waals surface area contributed by atoms with Gasteiger partial charge in [-0.2, -0.15) is 0 Å². The molecule has 0 fully saturated rings. The number of aliphatic hydroxyl groups excluding tert-OH is 4. The van der Waals surface area contributed by atoms with Crippen molar-refractivity contribution in [1.29, 1.82) is 0 Å². The summed E-state index contributed by atoms with van der Waals surface area (Å²) in [6.07, 6.45) is -5.32. The monoisotopic (exact) mass is 237 g/mol. The van der Waals surface area contributed by atoms with Crippen molar-refractivity contribution in [3.05, 3.63) is 0 Å². The molecule has 0 saturated heterocycles. The lowest BCUT2D eigenvalue weighted by atomic mass is 10.0. The Bertz CT molecular complexity index is 257. The number of carbonyl (C=O) groups is 2. The molecule has 16 heavy (non-hydrogen) atoms. The number of hydrogen-bond acceptors (Lipinski definition) is 8. The summed E-state index contributed by atoms with van der Waals surface area (Å²) in [5, 5.41) is 36.0. The van der Waals surface area contributed by atoms with Crippen LogP contribution in [0.3, 0.4) is 0 Å². The van der Waals surface area contributed by atoms with Crippen LogP contribution < -0.4 is 5.73 Å². The van der Waals surface area contributed by atoms with Gasteiger partial charge in [0.05, 0.1) is 6.61 Å². The van der Waals surface area contributed by atoms with Gasteiger partial charge in [-0.3, -0.25) is 4.79 Å². The Balaban J connectivity index is 4.42. The van der Waals surface area contributed by atoms with Gasteiger partial charge in [-0.1, -0.05) is 0 Å². The predicted octanol–water partition coefficient (Wildman–Crippen LogP) is -3.52. The molecule has 0 heterocycles. The summed E-state index contributed by atoms with van der Waals surface area (Å²) < 4.78 is 4.08. The third-order valence-electron chi connectivity index (χ3n) is 1.82. The molecule has 0 rings (SSSR count). The van der Waals surface area contributed by atoms with Gasteiger partial charge in [0.15, 0.2) is 0 Å². The maximum atomic E-state index is 11.0. The third-order valence-corrected chi connectivity index (χ3v) is 1.82. The van der Waals surface area contributed by atoms with Crippen molar-refractivity contribution in [2.24, 2.45) is 5.73 Å². The molecule has 0 aliphatic carbocycles. The van der Waals surface area contributed by atoms with Gasteiger partial charge in [0, 0.05) is 6.92 Å². The summed E-state index contributed by atoms with van der Waals surface area (Å²) >= 11 is 0. The maximum absolute atomic E-state index is 11.0. The number of hydrogen-bond donors (Lipinski definition) is 5. The molecule has 4 atom stereocenters. The molecule has 6 N–H and O–H groups in total. The van der Waals surface area contributed by atoms with E-state index in [1.54, 1.807) is 0 Å². The summed E-state index contributed by atoms with van der Waals surface area (Å²) in [6, 6.07) is -1.69. The Morgan fingerprint density at radius 1 is 1.25 bits per heavy atom. The number of aliphatic hydroxyl groups is 4. The van der Waals surface area contributed by atoms with Crippen molar-refractivity contribution in [1.82, 2.24) is 0 Å². The number of ether oxygens (including phenoxy) is 1. The first-order valence-corrected chi connectivity index (χ1v) is 4.44. The highest BCUT2D eigenvalue weighted by Gasteiger charge is 2.34. The lowest BCUT2D eigenvalue weighted by molar-refractivity contribution is -0.163. The minimum absolute atomic E-state index is 0.813. The van der Waals surface area contributed by atoms with E-state index in [9.17, 15) is 19.8 Å². The summed E-state index contributed by atoms with van der Waals surface area (Å²) in [6.45, 7) is 0.155. The molecule has 0 aromatic rings. The maximum Gasteiger partial charge on any atom is 0.333 e. The zero-order valence-electron chi connectivity index (χ0n) is 8.61. The molecule has 0 amide bonds. The smallest absolute Gasteiger partial charge is 0.333 e. The third kappa shape index (κ3) is 4.21. The van der Waals surface area contributed by atoms with Gasteiger partial charge in [0.25, 0.3) is 0 Å². The van der Waals surface area contributed by atoms with Gasteiger partial charge < -0.3 is 30.9 Å². The molecule has 0 saturated carbocycles.